The van der Waals surface area contributed by atoms with Crippen molar-refractivity contribution in [1.29, 1.82) is 0 Å². The van der Waals surface area contributed by atoms with Crippen molar-refractivity contribution in [3.05, 3.63) is 34.4 Å². The molecule has 5 nitrogen and oxygen atoms in total. The molecule has 0 spiro atoms. The number of aromatic amines is 1. The topological polar surface area (TPSA) is 66.5 Å². The molecule has 0 saturated heterocycles. The minimum absolute atomic E-state index is 0.503. The van der Waals surface area contributed by atoms with Crippen LogP contribution in [0, 0.1) is 13.8 Å². The Morgan fingerprint density at radius 3 is 2.82 bits per heavy atom. The summed E-state index contributed by atoms with van der Waals surface area (Å²) in [6.07, 6.45) is 4.54. The normalized spacial score (nSPS) is 10.5. The van der Waals surface area contributed by atoms with E-state index in [9.17, 15) is 0 Å². The summed E-state index contributed by atoms with van der Waals surface area (Å²) < 4.78 is 0. The second-order valence-electron chi connectivity index (χ2n) is 3.83. The molecule has 6 heteroatoms. The molecule has 0 bridgehead atoms. The van der Waals surface area contributed by atoms with Gasteiger partial charge in [0.25, 0.3) is 0 Å². The van der Waals surface area contributed by atoms with Crippen molar-refractivity contribution < 1.29 is 0 Å². The second-order valence-corrected chi connectivity index (χ2v) is 4.19. The first-order valence-electron chi connectivity index (χ1n) is 5.39. The monoisotopic (exact) mass is 251 g/mol. The molecule has 2 N–H and O–H groups in total. The van der Waals surface area contributed by atoms with E-state index in [1.54, 1.807) is 6.20 Å². The lowest BCUT2D eigenvalue weighted by molar-refractivity contribution is 0.968. The second kappa shape index (κ2) is 5.14. The highest BCUT2D eigenvalue weighted by atomic mass is 35.5. The molecule has 0 aliphatic carbocycles. The fraction of sp³-hybridized carbons (Fsp3) is 0.364. The highest BCUT2D eigenvalue weighted by molar-refractivity contribution is 6.30. The largest absolute Gasteiger partial charge is 0.354 e. The third-order valence-corrected chi connectivity index (χ3v) is 2.95. The number of halogens is 1. The van der Waals surface area contributed by atoms with E-state index >= 15 is 0 Å². The van der Waals surface area contributed by atoms with E-state index in [2.05, 4.69) is 25.5 Å². The van der Waals surface area contributed by atoms with Crippen LogP contribution in [0.2, 0.25) is 5.15 Å². The number of nitrogens with zero attached hydrogens (tertiary/aromatic N) is 3. The molecule has 0 aliphatic rings. The van der Waals surface area contributed by atoms with Crippen LogP contribution in [0.3, 0.4) is 0 Å². The van der Waals surface area contributed by atoms with E-state index < -0.39 is 0 Å². The fourth-order valence-electron chi connectivity index (χ4n) is 1.41. The van der Waals surface area contributed by atoms with Crippen molar-refractivity contribution >= 4 is 17.5 Å². The molecule has 17 heavy (non-hydrogen) atoms. The molecule has 0 atom stereocenters. The number of rotatable bonds is 4. The molecular formula is C11H14ClN5. The summed E-state index contributed by atoms with van der Waals surface area (Å²) in [6.45, 7) is 4.58. The van der Waals surface area contributed by atoms with Crippen LogP contribution in [-0.4, -0.2) is 26.7 Å². The Bertz CT molecular complexity index is 472. The van der Waals surface area contributed by atoms with Gasteiger partial charge in [0.05, 0.1) is 6.20 Å². The molecule has 2 heterocycles. The lowest BCUT2D eigenvalue weighted by Gasteiger charge is -2.07. The van der Waals surface area contributed by atoms with Crippen LogP contribution < -0.4 is 5.32 Å². The van der Waals surface area contributed by atoms with Gasteiger partial charge >= 0.3 is 0 Å². The highest BCUT2D eigenvalue weighted by Crippen LogP contribution is 2.16. The number of nitrogens with one attached hydrogen (secondary N) is 2. The number of aromatic nitrogens is 4. The van der Waals surface area contributed by atoms with Crippen LogP contribution in [0.15, 0.2) is 12.4 Å². The van der Waals surface area contributed by atoms with Gasteiger partial charge in [0.15, 0.2) is 0 Å². The van der Waals surface area contributed by atoms with E-state index in [-0.39, 0.29) is 0 Å². The molecule has 0 fully saturated rings. The van der Waals surface area contributed by atoms with Gasteiger partial charge in [-0.25, -0.2) is 9.97 Å². The van der Waals surface area contributed by atoms with Gasteiger partial charge in [-0.15, -0.1) is 0 Å². The first kappa shape index (κ1) is 11.9. The van der Waals surface area contributed by atoms with Crippen molar-refractivity contribution in [2.45, 2.75) is 20.3 Å². The van der Waals surface area contributed by atoms with Gasteiger partial charge < -0.3 is 5.32 Å². The quantitative estimate of drug-likeness (QED) is 0.817. The SMILES string of the molecule is Cc1nc(NCCc2cn[nH]c2)nc(Cl)c1C. The van der Waals surface area contributed by atoms with Crippen LogP contribution in [-0.2, 0) is 6.42 Å². The van der Waals surface area contributed by atoms with E-state index in [0.717, 1.165) is 29.8 Å². The minimum atomic E-state index is 0.503. The van der Waals surface area contributed by atoms with Gasteiger partial charge in [-0.3, -0.25) is 5.10 Å². The molecule has 2 aromatic rings. The zero-order valence-corrected chi connectivity index (χ0v) is 10.5. The Kier molecular flexibility index (Phi) is 3.58. The van der Waals surface area contributed by atoms with Gasteiger partial charge in [-0.2, -0.15) is 5.10 Å². The van der Waals surface area contributed by atoms with Crippen molar-refractivity contribution in [2.24, 2.45) is 0 Å². The summed E-state index contributed by atoms with van der Waals surface area (Å²) in [6, 6.07) is 0. The molecule has 90 valence electrons. The van der Waals surface area contributed by atoms with Gasteiger partial charge in [0, 0.05) is 24.0 Å². The lowest BCUT2D eigenvalue weighted by atomic mass is 10.2. The number of anilines is 1. The van der Waals surface area contributed by atoms with Crippen molar-refractivity contribution in [1.82, 2.24) is 20.2 Å². The lowest BCUT2D eigenvalue weighted by Crippen LogP contribution is -2.09. The zero-order chi connectivity index (χ0) is 12.3. The van der Waals surface area contributed by atoms with Crippen molar-refractivity contribution in [2.75, 3.05) is 11.9 Å². The summed E-state index contributed by atoms with van der Waals surface area (Å²) in [4.78, 5) is 8.49. The summed E-state index contributed by atoms with van der Waals surface area (Å²) in [5.41, 5.74) is 2.97. The molecule has 0 aliphatic heterocycles. The fourth-order valence-corrected chi connectivity index (χ4v) is 1.62. The number of hydrogen-bond donors (Lipinski definition) is 2. The van der Waals surface area contributed by atoms with Gasteiger partial charge in [0.1, 0.15) is 5.15 Å². The van der Waals surface area contributed by atoms with Gasteiger partial charge in [-0.05, 0) is 25.8 Å². The Balaban J connectivity index is 1.95. The first-order chi connectivity index (χ1) is 8.16. The number of H-pyrrole nitrogens is 1. The average Bonchev–Trinajstić information content (AvgIpc) is 2.79. The first-order valence-corrected chi connectivity index (χ1v) is 5.77. The van der Waals surface area contributed by atoms with E-state index in [0.29, 0.717) is 11.1 Å². The molecule has 0 amide bonds. The predicted molar refractivity (Wildman–Crippen MR) is 67.3 cm³/mol. The molecule has 0 aromatic carbocycles. The summed E-state index contributed by atoms with van der Waals surface area (Å²) >= 11 is 5.99. The maximum Gasteiger partial charge on any atom is 0.224 e. The van der Waals surface area contributed by atoms with Crippen molar-refractivity contribution in [3.8, 4) is 0 Å². The van der Waals surface area contributed by atoms with Crippen LogP contribution in [0.1, 0.15) is 16.8 Å². The molecular weight excluding hydrogens is 238 g/mol. The molecule has 0 unspecified atom stereocenters. The van der Waals surface area contributed by atoms with Crippen LogP contribution in [0.4, 0.5) is 5.95 Å². The summed E-state index contributed by atoms with van der Waals surface area (Å²) in [5.74, 6) is 0.571. The standard InChI is InChI=1S/C11H14ClN5/c1-7-8(2)16-11(17-10(7)12)13-4-3-9-5-14-15-6-9/h5-6H,3-4H2,1-2H3,(H,14,15)(H,13,16,17). The van der Waals surface area contributed by atoms with Crippen molar-refractivity contribution in [3.63, 3.8) is 0 Å². The highest BCUT2D eigenvalue weighted by Gasteiger charge is 2.05. The van der Waals surface area contributed by atoms with E-state index in [4.69, 9.17) is 11.6 Å². The van der Waals surface area contributed by atoms with Gasteiger partial charge in [-0.1, -0.05) is 11.6 Å². The average molecular weight is 252 g/mol. The zero-order valence-electron chi connectivity index (χ0n) is 9.79. The smallest absolute Gasteiger partial charge is 0.224 e. The third-order valence-electron chi connectivity index (χ3n) is 2.58. The van der Waals surface area contributed by atoms with E-state index in [1.165, 1.54) is 0 Å². The number of aryl methyl sites for hydroxylation is 1. The number of hydrogen-bond acceptors (Lipinski definition) is 4. The maximum absolute atomic E-state index is 5.99. The Morgan fingerprint density at radius 2 is 2.18 bits per heavy atom. The van der Waals surface area contributed by atoms with E-state index in [1.807, 2.05) is 20.0 Å². The van der Waals surface area contributed by atoms with Gasteiger partial charge in [0.2, 0.25) is 5.95 Å². The van der Waals surface area contributed by atoms with Crippen LogP contribution >= 0.6 is 11.6 Å². The Hall–Kier alpha value is -1.62. The summed E-state index contributed by atoms with van der Waals surface area (Å²) in [7, 11) is 0. The van der Waals surface area contributed by atoms with Crippen LogP contribution in [0.5, 0.6) is 0 Å². The molecule has 2 rings (SSSR count). The van der Waals surface area contributed by atoms with Crippen LogP contribution in [0.25, 0.3) is 0 Å². The Labute approximate surface area is 105 Å². The summed E-state index contributed by atoms with van der Waals surface area (Å²) in [5, 5.41) is 10.3. The Morgan fingerprint density at radius 1 is 1.35 bits per heavy atom. The predicted octanol–water partition coefficient (Wildman–Crippen LogP) is 2.12. The minimum Gasteiger partial charge on any atom is -0.354 e. The molecule has 0 saturated carbocycles. The third kappa shape index (κ3) is 2.94. The molecule has 0 radical (unpaired) electrons. The maximum atomic E-state index is 5.99. The molecule has 2 aromatic heterocycles.